The summed E-state index contributed by atoms with van der Waals surface area (Å²) in [5.74, 6) is 0. The molecule has 2 N–H and O–H groups in total. The van der Waals surface area contributed by atoms with Gasteiger partial charge < -0.3 is 10.4 Å². The predicted octanol–water partition coefficient (Wildman–Crippen LogP) is 4.04. The minimum atomic E-state index is -0.452. The highest BCUT2D eigenvalue weighted by molar-refractivity contribution is 9.10. The van der Waals surface area contributed by atoms with Crippen molar-refractivity contribution in [2.45, 2.75) is 51.7 Å². The van der Waals surface area contributed by atoms with Gasteiger partial charge in [-0.05, 0) is 37.0 Å². The zero-order valence-electron chi connectivity index (χ0n) is 11.5. The highest BCUT2D eigenvalue weighted by Crippen LogP contribution is 2.22. The summed E-state index contributed by atoms with van der Waals surface area (Å²) in [5.41, 5.74) is 1.11. The molecule has 0 aliphatic rings. The van der Waals surface area contributed by atoms with E-state index < -0.39 is 6.10 Å². The van der Waals surface area contributed by atoms with Crippen molar-refractivity contribution in [2.24, 2.45) is 0 Å². The van der Waals surface area contributed by atoms with E-state index in [2.05, 4.69) is 42.0 Å². The summed E-state index contributed by atoms with van der Waals surface area (Å²) in [6.07, 6.45) is 2.81. The number of aliphatic hydroxyl groups excluding tert-OH is 1. The molecule has 0 saturated carbocycles. The first-order valence-corrected chi connectivity index (χ1v) is 7.54. The van der Waals surface area contributed by atoms with Gasteiger partial charge in [-0.15, -0.1) is 0 Å². The third-order valence-corrected chi connectivity index (χ3v) is 4.43. The molecular formula is C15H24BrNO. The molecule has 2 nitrogen and oxygen atoms in total. The quantitative estimate of drug-likeness (QED) is 0.796. The van der Waals surface area contributed by atoms with Crippen molar-refractivity contribution in [3.8, 4) is 0 Å². The average molecular weight is 314 g/mol. The maximum atomic E-state index is 10.2. The Kier molecular flexibility index (Phi) is 6.33. The molecule has 0 heterocycles. The Balaban J connectivity index is 2.62. The second kappa shape index (κ2) is 7.27. The number of aliphatic hydroxyl groups is 1. The lowest BCUT2D eigenvalue weighted by molar-refractivity contribution is 0.150. The van der Waals surface area contributed by atoms with Crippen LogP contribution in [-0.2, 0) is 0 Å². The standard InChI is InChI=1S/C15H24BrNO/c1-4-15(5-2,6-3)17-11-14(18)12-8-7-9-13(16)10-12/h7-10,14,17-18H,4-6,11H2,1-3H3. The largest absolute Gasteiger partial charge is 0.387 e. The molecule has 0 fully saturated rings. The van der Waals surface area contributed by atoms with E-state index in [4.69, 9.17) is 0 Å². The molecular weight excluding hydrogens is 290 g/mol. The van der Waals surface area contributed by atoms with Crippen LogP contribution in [0.1, 0.15) is 51.7 Å². The van der Waals surface area contributed by atoms with Crippen LogP contribution in [0.5, 0.6) is 0 Å². The summed E-state index contributed by atoms with van der Waals surface area (Å²) in [6.45, 7) is 7.20. The van der Waals surface area contributed by atoms with Gasteiger partial charge in [-0.3, -0.25) is 0 Å². The zero-order valence-corrected chi connectivity index (χ0v) is 13.1. The molecule has 1 atom stereocenters. The first-order valence-electron chi connectivity index (χ1n) is 6.75. The van der Waals surface area contributed by atoms with E-state index in [1.807, 2.05) is 24.3 Å². The van der Waals surface area contributed by atoms with Crippen LogP contribution in [0.3, 0.4) is 0 Å². The van der Waals surface area contributed by atoms with Gasteiger partial charge in [-0.2, -0.15) is 0 Å². The molecule has 0 aliphatic carbocycles. The topological polar surface area (TPSA) is 32.3 Å². The minimum absolute atomic E-state index is 0.160. The lowest BCUT2D eigenvalue weighted by Gasteiger charge is -2.33. The minimum Gasteiger partial charge on any atom is -0.387 e. The molecule has 18 heavy (non-hydrogen) atoms. The maximum absolute atomic E-state index is 10.2. The Morgan fingerprint density at radius 3 is 2.33 bits per heavy atom. The van der Waals surface area contributed by atoms with Crippen molar-refractivity contribution in [1.82, 2.24) is 5.32 Å². The predicted molar refractivity (Wildman–Crippen MR) is 80.7 cm³/mol. The molecule has 1 aromatic rings. The fourth-order valence-electron chi connectivity index (χ4n) is 2.27. The van der Waals surface area contributed by atoms with Crippen molar-refractivity contribution >= 4 is 15.9 Å². The molecule has 0 bridgehead atoms. The van der Waals surface area contributed by atoms with E-state index >= 15 is 0 Å². The molecule has 102 valence electrons. The summed E-state index contributed by atoms with van der Waals surface area (Å²) in [7, 11) is 0. The summed E-state index contributed by atoms with van der Waals surface area (Å²) in [6, 6.07) is 7.86. The number of rotatable bonds is 7. The van der Waals surface area contributed by atoms with Crippen LogP contribution in [0, 0.1) is 0 Å². The van der Waals surface area contributed by atoms with Crippen molar-refractivity contribution in [2.75, 3.05) is 6.54 Å². The number of hydrogen-bond acceptors (Lipinski definition) is 2. The van der Waals surface area contributed by atoms with Crippen molar-refractivity contribution in [3.05, 3.63) is 34.3 Å². The average Bonchev–Trinajstić information content (AvgIpc) is 2.40. The van der Waals surface area contributed by atoms with Gasteiger partial charge in [0.05, 0.1) is 6.10 Å². The molecule has 1 unspecified atom stereocenters. The molecule has 0 radical (unpaired) electrons. The lowest BCUT2D eigenvalue weighted by Crippen LogP contribution is -2.45. The molecule has 1 aromatic carbocycles. The van der Waals surface area contributed by atoms with E-state index in [9.17, 15) is 5.11 Å². The van der Waals surface area contributed by atoms with Gasteiger partial charge in [-0.25, -0.2) is 0 Å². The van der Waals surface area contributed by atoms with E-state index in [0.29, 0.717) is 6.54 Å². The van der Waals surface area contributed by atoms with Crippen molar-refractivity contribution < 1.29 is 5.11 Å². The third-order valence-electron chi connectivity index (χ3n) is 3.93. The summed E-state index contributed by atoms with van der Waals surface area (Å²) < 4.78 is 1.01. The van der Waals surface area contributed by atoms with Crippen molar-refractivity contribution in [3.63, 3.8) is 0 Å². The SMILES string of the molecule is CCC(CC)(CC)NCC(O)c1cccc(Br)c1. The molecule has 0 aliphatic heterocycles. The first-order chi connectivity index (χ1) is 8.56. The fraction of sp³-hybridized carbons (Fsp3) is 0.600. The van der Waals surface area contributed by atoms with Crippen LogP contribution in [0.25, 0.3) is 0 Å². The van der Waals surface area contributed by atoms with Crippen LogP contribution < -0.4 is 5.32 Å². The van der Waals surface area contributed by atoms with Gasteiger partial charge in [0, 0.05) is 16.6 Å². The van der Waals surface area contributed by atoms with Crippen LogP contribution in [0.2, 0.25) is 0 Å². The Morgan fingerprint density at radius 2 is 1.83 bits per heavy atom. The Bertz CT molecular complexity index is 355. The molecule has 1 rings (SSSR count). The van der Waals surface area contributed by atoms with Gasteiger partial charge in [-0.1, -0.05) is 48.8 Å². The summed E-state index contributed by atoms with van der Waals surface area (Å²) in [5, 5.41) is 13.7. The molecule has 3 heteroatoms. The van der Waals surface area contributed by atoms with E-state index in [1.54, 1.807) is 0 Å². The van der Waals surface area contributed by atoms with Crippen molar-refractivity contribution in [1.29, 1.82) is 0 Å². The number of halogens is 1. The molecule has 0 saturated heterocycles. The highest BCUT2D eigenvalue weighted by Gasteiger charge is 2.24. The number of hydrogen-bond donors (Lipinski definition) is 2. The highest BCUT2D eigenvalue weighted by atomic mass is 79.9. The molecule has 0 spiro atoms. The summed E-state index contributed by atoms with van der Waals surface area (Å²) >= 11 is 3.43. The number of β-amino-alcohol motifs (C(OH)–C–C–N with tert-alkyl or cyclic N) is 1. The second-order valence-corrected chi connectivity index (χ2v) is 5.71. The number of benzene rings is 1. The van der Waals surface area contributed by atoms with Gasteiger partial charge in [0.15, 0.2) is 0 Å². The third kappa shape index (κ3) is 4.08. The van der Waals surface area contributed by atoms with Gasteiger partial charge in [0.25, 0.3) is 0 Å². The fourth-order valence-corrected chi connectivity index (χ4v) is 2.69. The maximum Gasteiger partial charge on any atom is 0.0914 e. The molecule has 0 amide bonds. The first kappa shape index (κ1) is 15.7. The van der Waals surface area contributed by atoms with Gasteiger partial charge in [0.1, 0.15) is 0 Å². The van der Waals surface area contributed by atoms with E-state index in [-0.39, 0.29) is 5.54 Å². The Labute approximate surface area is 119 Å². The zero-order chi connectivity index (χ0) is 13.6. The monoisotopic (exact) mass is 313 g/mol. The summed E-state index contributed by atoms with van der Waals surface area (Å²) in [4.78, 5) is 0. The van der Waals surface area contributed by atoms with E-state index in [0.717, 1.165) is 29.3 Å². The normalized spacial score (nSPS) is 13.6. The lowest BCUT2D eigenvalue weighted by atomic mass is 9.89. The Hall–Kier alpha value is -0.380. The van der Waals surface area contributed by atoms with E-state index in [1.165, 1.54) is 0 Å². The molecule has 0 aromatic heterocycles. The van der Waals surface area contributed by atoms with Gasteiger partial charge >= 0.3 is 0 Å². The second-order valence-electron chi connectivity index (χ2n) is 4.79. The number of nitrogens with one attached hydrogen (secondary N) is 1. The van der Waals surface area contributed by atoms with Crippen LogP contribution in [0.4, 0.5) is 0 Å². The van der Waals surface area contributed by atoms with Crippen LogP contribution >= 0.6 is 15.9 Å². The van der Waals surface area contributed by atoms with Gasteiger partial charge in [0.2, 0.25) is 0 Å². The van der Waals surface area contributed by atoms with Crippen LogP contribution in [-0.4, -0.2) is 17.2 Å². The van der Waals surface area contributed by atoms with Crippen LogP contribution in [0.15, 0.2) is 28.7 Å². The smallest absolute Gasteiger partial charge is 0.0914 e. The Morgan fingerprint density at radius 1 is 1.22 bits per heavy atom.